The molecule has 3 rings (SSSR count). The van der Waals surface area contributed by atoms with Gasteiger partial charge in [-0.05, 0) is 29.8 Å². The molecule has 0 fully saturated rings. The molecule has 3 nitrogen and oxygen atoms in total. The highest BCUT2D eigenvalue weighted by Gasteiger charge is 2.12. The predicted molar refractivity (Wildman–Crippen MR) is 107 cm³/mol. The highest BCUT2D eigenvalue weighted by Crippen LogP contribution is 2.25. The lowest BCUT2D eigenvalue weighted by molar-refractivity contribution is 0.732. The van der Waals surface area contributed by atoms with E-state index >= 15 is 0 Å². The third-order valence-electron chi connectivity index (χ3n) is 3.55. The van der Waals surface area contributed by atoms with Gasteiger partial charge in [-0.15, -0.1) is 16.8 Å². The number of halogens is 1. The Hall–Kier alpha value is -2.30. The Morgan fingerprint density at radius 2 is 1.80 bits per heavy atom. The predicted octanol–water partition coefficient (Wildman–Crippen LogP) is 5.59. The summed E-state index contributed by atoms with van der Waals surface area (Å²) in [6, 6.07) is 17.9. The molecular formula is C20H18ClN3S. The summed E-state index contributed by atoms with van der Waals surface area (Å²) in [6.45, 7) is 4.50. The van der Waals surface area contributed by atoms with Crippen LogP contribution in [0.25, 0.3) is 17.5 Å². The van der Waals surface area contributed by atoms with Crippen LogP contribution in [0.5, 0.6) is 0 Å². The Morgan fingerprint density at radius 3 is 2.52 bits per heavy atom. The average Bonchev–Trinajstić information content (AvgIpc) is 3.03. The van der Waals surface area contributed by atoms with E-state index in [1.807, 2.05) is 48.5 Å². The first-order chi connectivity index (χ1) is 12.3. The van der Waals surface area contributed by atoms with E-state index in [1.165, 1.54) is 5.56 Å². The fraction of sp³-hybridized carbons (Fsp3) is 0.100. The maximum absolute atomic E-state index is 5.97. The number of nitrogens with zero attached hydrogens (tertiary/aromatic N) is 3. The van der Waals surface area contributed by atoms with Gasteiger partial charge >= 0.3 is 0 Å². The van der Waals surface area contributed by atoms with E-state index in [-0.39, 0.29) is 0 Å². The van der Waals surface area contributed by atoms with E-state index in [1.54, 1.807) is 11.8 Å². The average molecular weight is 368 g/mol. The minimum atomic E-state index is 0.662. The molecule has 0 saturated heterocycles. The van der Waals surface area contributed by atoms with Gasteiger partial charge in [0.1, 0.15) is 0 Å². The number of rotatable bonds is 7. The van der Waals surface area contributed by atoms with Gasteiger partial charge in [0.05, 0.1) is 0 Å². The van der Waals surface area contributed by atoms with Gasteiger partial charge in [-0.25, -0.2) is 0 Å². The first kappa shape index (κ1) is 17.5. The number of allylic oxidation sites excluding steroid dienone is 1. The summed E-state index contributed by atoms with van der Waals surface area (Å²) in [5, 5.41) is 10.3. The molecule has 0 unspecified atom stereocenters. The van der Waals surface area contributed by atoms with E-state index in [2.05, 4.69) is 45.6 Å². The molecule has 0 aliphatic carbocycles. The van der Waals surface area contributed by atoms with Gasteiger partial charge in [0, 0.05) is 22.9 Å². The molecule has 0 aliphatic heterocycles. The quantitative estimate of drug-likeness (QED) is 0.403. The van der Waals surface area contributed by atoms with Crippen LogP contribution < -0.4 is 0 Å². The van der Waals surface area contributed by atoms with Crippen molar-refractivity contribution in [2.24, 2.45) is 0 Å². The van der Waals surface area contributed by atoms with Crippen LogP contribution in [0.4, 0.5) is 0 Å². The lowest BCUT2D eigenvalue weighted by Crippen LogP contribution is -2.00. The van der Waals surface area contributed by atoms with Crippen molar-refractivity contribution in [2.45, 2.75) is 11.7 Å². The smallest absolute Gasteiger partial charge is 0.192 e. The van der Waals surface area contributed by atoms with Gasteiger partial charge in [-0.1, -0.05) is 71.9 Å². The summed E-state index contributed by atoms with van der Waals surface area (Å²) in [5.74, 6) is 1.65. The molecule has 1 heterocycles. The van der Waals surface area contributed by atoms with Gasteiger partial charge in [-0.2, -0.15) is 0 Å². The van der Waals surface area contributed by atoms with E-state index in [9.17, 15) is 0 Å². The third-order valence-corrected chi connectivity index (χ3v) is 4.72. The maximum Gasteiger partial charge on any atom is 0.192 e. The van der Waals surface area contributed by atoms with E-state index in [0.29, 0.717) is 11.6 Å². The molecule has 0 radical (unpaired) electrons. The molecule has 25 heavy (non-hydrogen) atoms. The van der Waals surface area contributed by atoms with Crippen molar-refractivity contribution >= 4 is 29.4 Å². The molecular weight excluding hydrogens is 350 g/mol. The topological polar surface area (TPSA) is 30.7 Å². The molecule has 0 atom stereocenters. The van der Waals surface area contributed by atoms with Crippen molar-refractivity contribution < 1.29 is 0 Å². The largest absolute Gasteiger partial charge is 0.298 e. The summed E-state index contributed by atoms with van der Waals surface area (Å²) in [5.41, 5.74) is 2.18. The van der Waals surface area contributed by atoms with Crippen LogP contribution in [-0.4, -0.2) is 20.5 Å². The molecule has 5 heteroatoms. The van der Waals surface area contributed by atoms with Gasteiger partial charge in [0.25, 0.3) is 0 Å². The first-order valence-corrected chi connectivity index (χ1v) is 9.28. The number of aromatic nitrogens is 3. The second kappa shape index (κ2) is 8.70. The molecule has 2 aromatic carbocycles. The van der Waals surface area contributed by atoms with Crippen LogP contribution in [0.2, 0.25) is 5.02 Å². The molecule has 0 spiro atoms. The zero-order valence-corrected chi connectivity index (χ0v) is 15.2. The first-order valence-electron chi connectivity index (χ1n) is 7.92. The highest BCUT2D eigenvalue weighted by atomic mass is 35.5. The summed E-state index contributed by atoms with van der Waals surface area (Å²) in [7, 11) is 0. The number of thioether (sulfide) groups is 1. The molecule has 0 bridgehead atoms. The standard InChI is InChI=1S/C20H18ClN3S/c1-2-14-24-19(17-10-12-18(21)13-11-17)22-23-20(24)25-15-6-9-16-7-4-3-5-8-16/h2-13H,1,14-15H2. The van der Waals surface area contributed by atoms with Crippen molar-refractivity contribution in [3.8, 4) is 11.4 Å². The maximum atomic E-state index is 5.97. The Balaban J connectivity index is 1.74. The molecule has 0 aliphatic rings. The van der Waals surface area contributed by atoms with Gasteiger partial charge < -0.3 is 0 Å². The Morgan fingerprint density at radius 1 is 1.04 bits per heavy atom. The Kier molecular flexibility index (Phi) is 6.09. The molecule has 126 valence electrons. The summed E-state index contributed by atoms with van der Waals surface area (Å²) in [6.07, 6.45) is 6.10. The van der Waals surface area contributed by atoms with Crippen molar-refractivity contribution in [3.05, 3.63) is 83.9 Å². The minimum Gasteiger partial charge on any atom is -0.298 e. The van der Waals surface area contributed by atoms with Gasteiger partial charge in [-0.3, -0.25) is 4.57 Å². The summed E-state index contributed by atoms with van der Waals surface area (Å²) < 4.78 is 2.07. The van der Waals surface area contributed by atoms with Gasteiger partial charge in [0.2, 0.25) is 0 Å². The molecule has 0 amide bonds. The van der Waals surface area contributed by atoms with E-state index in [4.69, 9.17) is 11.6 Å². The fourth-order valence-electron chi connectivity index (χ4n) is 2.37. The summed E-state index contributed by atoms with van der Waals surface area (Å²) in [4.78, 5) is 0. The van der Waals surface area contributed by atoms with Crippen molar-refractivity contribution in [1.29, 1.82) is 0 Å². The van der Waals surface area contributed by atoms with Crippen LogP contribution >= 0.6 is 23.4 Å². The Bertz CT molecular complexity index is 854. The molecule has 1 aromatic heterocycles. The number of hydrogen-bond acceptors (Lipinski definition) is 3. The van der Waals surface area contributed by atoms with Crippen LogP contribution in [0.3, 0.4) is 0 Å². The lowest BCUT2D eigenvalue weighted by atomic mass is 10.2. The zero-order chi connectivity index (χ0) is 17.5. The van der Waals surface area contributed by atoms with Crippen LogP contribution in [0.1, 0.15) is 5.56 Å². The van der Waals surface area contributed by atoms with Crippen LogP contribution in [0.15, 0.2) is 78.5 Å². The number of benzene rings is 2. The SMILES string of the molecule is C=CCn1c(SCC=Cc2ccccc2)nnc1-c1ccc(Cl)cc1. The lowest BCUT2D eigenvalue weighted by Gasteiger charge is -2.07. The Labute approximate surface area is 157 Å². The second-order valence-corrected chi connectivity index (χ2v) is 6.76. The second-order valence-electron chi connectivity index (χ2n) is 5.34. The van der Waals surface area contributed by atoms with E-state index in [0.717, 1.165) is 22.3 Å². The van der Waals surface area contributed by atoms with Crippen LogP contribution in [0, 0.1) is 0 Å². The molecule has 0 N–H and O–H groups in total. The monoisotopic (exact) mass is 367 g/mol. The van der Waals surface area contributed by atoms with Crippen molar-refractivity contribution in [3.63, 3.8) is 0 Å². The molecule has 3 aromatic rings. The van der Waals surface area contributed by atoms with Gasteiger partial charge in [0.15, 0.2) is 11.0 Å². The normalized spacial score (nSPS) is 11.1. The van der Waals surface area contributed by atoms with Crippen molar-refractivity contribution in [1.82, 2.24) is 14.8 Å². The molecule has 0 saturated carbocycles. The van der Waals surface area contributed by atoms with Crippen LogP contribution in [-0.2, 0) is 6.54 Å². The summed E-state index contributed by atoms with van der Waals surface area (Å²) >= 11 is 7.62. The van der Waals surface area contributed by atoms with E-state index < -0.39 is 0 Å². The number of hydrogen-bond donors (Lipinski definition) is 0. The highest BCUT2D eigenvalue weighted by molar-refractivity contribution is 7.99. The fourth-order valence-corrected chi connectivity index (χ4v) is 3.26. The van der Waals surface area contributed by atoms with Crippen molar-refractivity contribution in [2.75, 3.05) is 5.75 Å². The zero-order valence-electron chi connectivity index (χ0n) is 13.7. The minimum absolute atomic E-state index is 0.662. The third kappa shape index (κ3) is 4.62.